The summed E-state index contributed by atoms with van der Waals surface area (Å²) in [4.78, 5) is 0. The minimum atomic E-state index is 0.205. The van der Waals surface area contributed by atoms with Crippen LogP contribution < -0.4 is 5.32 Å². The van der Waals surface area contributed by atoms with Crippen LogP contribution in [0.5, 0.6) is 0 Å². The predicted molar refractivity (Wildman–Crippen MR) is 72.8 cm³/mol. The zero-order valence-corrected chi connectivity index (χ0v) is 11.6. The molecule has 4 heteroatoms. The average Bonchev–Trinajstić information content (AvgIpc) is 2.84. The highest BCUT2D eigenvalue weighted by Crippen LogP contribution is 2.23. The molecule has 1 N–H and O–H groups in total. The third-order valence-corrected chi connectivity index (χ3v) is 3.45. The Morgan fingerprint density at radius 3 is 2.78 bits per heavy atom. The summed E-state index contributed by atoms with van der Waals surface area (Å²) in [5, 5.41) is 12.0. The Bertz CT molecular complexity index is 571. The smallest absolute Gasteiger partial charge is 0.203 e. The van der Waals surface area contributed by atoms with Crippen LogP contribution in [0, 0.1) is 11.3 Å². The summed E-state index contributed by atoms with van der Waals surface area (Å²) < 4.78 is 6.40. The van der Waals surface area contributed by atoms with Crippen LogP contribution in [0.3, 0.4) is 0 Å². The van der Waals surface area contributed by atoms with Crippen molar-refractivity contribution in [2.45, 2.75) is 19.5 Å². The van der Waals surface area contributed by atoms with E-state index in [2.05, 4.69) is 34.2 Å². The number of nitrogens with zero attached hydrogens (tertiary/aromatic N) is 1. The fourth-order valence-electron chi connectivity index (χ4n) is 1.72. The van der Waals surface area contributed by atoms with Gasteiger partial charge in [-0.25, -0.2) is 0 Å². The van der Waals surface area contributed by atoms with Crippen molar-refractivity contribution in [1.29, 1.82) is 5.26 Å². The Hall–Kier alpha value is -1.57. The van der Waals surface area contributed by atoms with Crippen LogP contribution in [-0.2, 0) is 6.54 Å². The second-order valence-corrected chi connectivity index (χ2v) is 4.86. The van der Waals surface area contributed by atoms with Crippen molar-refractivity contribution in [2.75, 3.05) is 0 Å². The van der Waals surface area contributed by atoms with Crippen molar-refractivity contribution in [1.82, 2.24) is 5.32 Å². The molecule has 3 nitrogen and oxygen atoms in total. The lowest BCUT2D eigenvalue weighted by molar-refractivity contribution is 0.453. The number of nitrogens with one attached hydrogen (secondary N) is 1. The minimum Gasteiger partial charge on any atom is -0.449 e. The maximum Gasteiger partial charge on any atom is 0.203 e. The second-order valence-electron chi connectivity index (χ2n) is 4.00. The Morgan fingerprint density at radius 1 is 1.33 bits per heavy atom. The summed E-state index contributed by atoms with van der Waals surface area (Å²) >= 11 is 3.53. The van der Waals surface area contributed by atoms with E-state index in [1.807, 2.05) is 30.3 Å². The summed E-state index contributed by atoms with van der Waals surface area (Å²) in [6.45, 7) is 2.69. The third kappa shape index (κ3) is 3.00. The van der Waals surface area contributed by atoms with Gasteiger partial charge in [-0.1, -0.05) is 34.1 Å². The number of rotatable bonds is 4. The first-order chi connectivity index (χ1) is 8.70. The Kier molecular flexibility index (Phi) is 4.19. The van der Waals surface area contributed by atoms with Crippen molar-refractivity contribution in [3.05, 3.63) is 58.0 Å². The van der Waals surface area contributed by atoms with Gasteiger partial charge in [-0.15, -0.1) is 0 Å². The number of furan rings is 1. The zero-order chi connectivity index (χ0) is 13.0. The van der Waals surface area contributed by atoms with E-state index in [0.29, 0.717) is 12.3 Å². The van der Waals surface area contributed by atoms with Crippen molar-refractivity contribution < 1.29 is 4.42 Å². The molecule has 0 saturated heterocycles. The number of hydrogen-bond acceptors (Lipinski definition) is 3. The highest BCUT2D eigenvalue weighted by atomic mass is 79.9. The zero-order valence-electron chi connectivity index (χ0n) is 9.98. The van der Waals surface area contributed by atoms with Gasteiger partial charge in [0.2, 0.25) is 5.76 Å². The highest BCUT2D eigenvalue weighted by Gasteiger charge is 2.09. The molecule has 1 aromatic heterocycles. The first kappa shape index (κ1) is 12.9. The van der Waals surface area contributed by atoms with E-state index in [1.165, 1.54) is 5.56 Å². The van der Waals surface area contributed by atoms with Gasteiger partial charge in [-0.2, -0.15) is 5.26 Å². The van der Waals surface area contributed by atoms with E-state index in [-0.39, 0.29) is 6.04 Å². The van der Waals surface area contributed by atoms with Gasteiger partial charge < -0.3 is 9.73 Å². The molecule has 18 heavy (non-hydrogen) atoms. The van der Waals surface area contributed by atoms with Crippen molar-refractivity contribution >= 4 is 15.9 Å². The fourth-order valence-corrected chi connectivity index (χ4v) is 2.35. The summed E-state index contributed by atoms with van der Waals surface area (Å²) in [7, 11) is 0. The SMILES string of the molecule is C[C@@H](NCc1ccc(C#N)o1)c1ccccc1Br. The van der Waals surface area contributed by atoms with E-state index in [9.17, 15) is 0 Å². The molecule has 0 fully saturated rings. The van der Waals surface area contributed by atoms with Gasteiger partial charge >= 0.3 is 0 Å². The molecule has 2 rings (SSSR count). The molecule has 0 saturated carbocycles. The molecule has 0 radical (unpaired) electrons. The summed E-state index contributed by atoms with van der Waals surface area (Å²) in [6.07, 6.45) is 0. The van der Waals surface area contributed by atoms with Crippen LogP contribution in [0.15, 0.2) is 45.3 Å². The van der Waals surface area contributed by atoms with Gasteiger partial charge in [0.05, 0.1) is 6.54 Å². The van der Waals surface area contributed by atoms with Crippen LogP contribution in [-0.4, -0.2) is 0 Å². The molecule has 1 heterocycles. The molecule has 0 bridgehead atoms. The Morgan fingerprint density at radius 2 is 2.11 bits per heavy atom. The van der Waals surface area contributed by atoms with Crippen molar-refractivity contribution in [2.24, 2.45) is 0 Å². The molecule has 0 unspecified atom stereocenters. The van der Waals surface area contributed by atoms with Gasteiger partial charge in [0.15, 0.2) is 0 Å². The summed E-state index contributed by atoms with van der Waals surface area (Å²) in [5.41, 5.74) is 1.20. The molecular formula is C14H13BrN2O. The van der Waals surface area contributed by atoms with Crippen LogP contribution in [0.1, 0.15) is 30.0 Å². The lowest BCUT2D eigenvalue weighted by Crippen LogP contribution is -2.18. The highest BCUT2D eigenvalue weighted by molar-refractivity contribution is 9.10. The largest absolute Gasteiger partial charge is 0.449 e. The molecule has 0 spiro atoms. The van der Waals surface area contributed by atoms with Gasteiger partial charge in [0, 0.05) is 10.5 Å². The Labute approximate surface area is 115 Å². The quantitative estimate of drug-likeness (QED) is 0.935. The second kappa shape index (κ2) is 5.85. The average molecular weight is 305 g/mol. The molecule has 0 aliphatic carbocycles. The molecule has 0 aliphatic heterocycles. The van der Waals surface area contributed by atoms with Crippen LogP contribution in [0.4, 0.5) is 0 Å². The summed E-state index contributed by atoms with van der Waals surface area (Å²) in [6, 6.07) is 13.8. The van der Waals surface area contributed by atoms with Gasteiger partial charge in [0.1, 0.15) is 11.8 Å². The van der Waals surface area contributed by atoms with E-state index < -0.39 is 0 Å². The predicted octanol–water partition coefficient (Wildman–Crippen LogP) is 3.76. The first-order valence-corrected chi connectivity index (χ1v) is 6.46. The van der Waals surface area contributed by atoms with Crippen molar-refractivity contribution in [3.8, 4) is 6.07 Å². The maximum absolute atomic E-state index is 8.67. The van der Waals surface area contributed by atoms with Gasteiger partial charge in [0.25, 0.3) is 0 Å². The lowest BCUT2D eigenvalue weighted by Gasteiger charge is -2.14. The number of halogens is 1. The van der Waals surface area contributed by atoms with E-state index in [1.54, 1.807) is 6.07 Å². The third-order valence-electron chi connectivity index (χ3n) is 2.73. The monoisotopic (exact) mass is 304 g/mol. The van der Waals surface area contributed by atoms with Gasteiger partial charge in [-0.3, -0.25) is 0 Å². The lowest BCUT2D eigenvalue weighted by atomic mass is 10.1. The number of benzene rings is 1. The molecular weight excluding hydrogens is 292 g/mol. The van der Waals surface area contributed by atoms with E-state index >= 15 is 0 Å². The summed E-state index contributed by atoms with van der Waals surface area (Å²) in [5.74, 6) is 1.12. The topological polar surface area (TPSA) is 49.0 Å². The standard InChI is InChI=1S/C14H13BrN2O/c1-10(13-4-2-3-5-14(13)15)17-9-12-7-6-11(8-16)18-12/h2-7,10,17H,9H2,1H3/t10-/m1/s1. The van der Waals surface area contributed by atoms with Gasteiger partial charge in [-0.05, 0) is 30.7 Å². The molecule has 1 atom stereocenters. The number of nitriles is 1. The fraction of sp³-hybridized carbons (Fsp3) is 0.214. The molecule has 0 amide bonds. The van der Waals surface area contributed by atoms with Crippen LogP contribution >= 0.6 is 15.9 Å². The Balaban J connectivity index is 1.98. The van der Waals surface area contributed by atoms with Crippen molar-refractivity contribution in [3.63, 3.8) is 0 Å². The molecule has 0 aliphatic rings. The molecule has 1 aromatic carbocycles. The van der Waals surface area contributed by atoms with Crippen LogP contribution in [0.2, 0.25) is 0 Å². The number of hydrogen-bond donors (Lipinski definition) is 1. The normalized spacial score (nSPS) is 12.1. The maximum atomic E-state index is 8.67. The van der Waals surface area contributed by atoms with E-state index in [4.69, 9.17) is 9.68 Å². The minimum absolute atomic E-state index is 0.205. The van der Waals surface area contributed by atoms with E-state index in [0.717, 1.165) is 10.2 Å². The first-order valence-electron chi connectivity index (χ1n) is 5.67. The molecule has 2 aromatic rings. The molecule has 92 valence electrons. The van der Waals surface area contributed by atoms with Crippen LogP contribution in [0.25, 0.3) is 0 Å².